The van der Waals surface area contributed by atoms with E-state index in [0.29, 0.717) is 6.54 Å². The number of carboxylic acids is 1. The number of alkyl halides is 3. The standard InChI is InChI=1S/C15H16F3NO4/c16-15(17,18)11-3-1-2-10(6-11)7-13(20)19-4-5-23-12(9-19)8-14(21)22/h1-3,6,12H,4-5,7-9H2,(H,21,22). The van der Waals surface area contributed by atoms with Gasteiger partial charge in [0.1, 0.15) is 0 Å². The number of benzene rings is 1. The van der Waals surface area contributed by atoms with E-state index in [-0.39, 0.29) is 37.5 Å². The van der Waals surface area contributed by atoms with Gasteiger partial charge in [0.2, 0.25) is 5.91 Å². The van der Waals surface area contributed by atoms with Crippen molar-refractivity contribution in [1.29, 1.82) is 0 Å². The summed E-state index contributed by atoms with van der Waals surface area (Å²) in [5.41, 5.74) is -0.528. The molecule has 1 N–H and O–H groups in total. The van der Waals surface area contributed by atoms with Gasteiger partial charge in [-0.3, -0.25) is 9.59 Å². The Hall–Kier alpha value is -2.09. The van der Waals surface area contributed by atoms with Gasteiger partial charge in [0.05, 0.1) is 31.1 Å². The van der Waals surface area contributed by atoms with E-state index in [2.05, 4.69) is 0 Å². The van der Waals surface area contributed by atoms with Crippen LogP contribution in [0.25, 0.3) is 0 Å². The van der Waals surface area contributed by atoms with Crippen LogP contribution in [0.2, 0.25) is 0 Å². The van der Waals surface area contributed by atoms with Crippen LogP contribution in [0.1, 0.15) is 17.5 Å². The van der Waals surface area contributed by atoms with Gasteiger partial charge in [0.25, 0.3) is 0 Å². The summed E-state index contributed by atoms with van der Waals surface area (Å²) in [6.45, 7) is 0.643. The molecule has 1 aromatic carbocycles. The Kier molecular flexibility index (Phi) is 5.25. The first-order valence-corrected chi connectivity index (χ1v) is 7.03. The Morgan fingerprint density at radius 2 is 2.09 bits per heavy atom. The van der Waals surface area contributed by atoms with E-state index in [0.717, 1.165) is 12.1 Å². The molecule has 0 spiro atoms. The summed E-state index contributed by atoms with van der Waals surface area (Å²) >= 11 is 0. The lowest BCUT2D eigenvalue weighted by atomic mass is 10.1. The van der Waals surface area contributed by atoms with Crippen LogP contribution in [-0.4, -0.2) is 47.7 Å². The average molecular weight is 331 g/mol. The molecule has 126 valence electrons. The van der Waals surface area contributed by atoms with Gasteiger partial charge >= 0.3 is 12.1 Å². The van der Waals surface area contributed by atoms with Gasteiger partial charge in [-0.15, -0.1) is 0 Å². The van der Waals surface area contributed by atoms with Crippen LogP contribution < -0.4 is 0 Å². The molecular formula is C15H16F3NO4. The number of aliphatic carboxylic acids is 1. The molecule has 0 saturated carbocycles. The van der Waals surface area contributed by atoms with Crippen LogP contribution in [-0.2, 0) is 26.9 Å². The van der Waals surface area contributed by atoms with E-state index in [1.165, 1.54) is 17.0 Å². The van der Waals surface area contributed by atoms with E-state index in [1.807, 2.05) is 0 Å². The van der Waals surface area contributed by atoms with Gasteiger partial charge < -0.3 is 14.7 Å². The number of amides is 1. The number of carboxylic acid groups (broad SMARTS) is 1. The maximum atomic E-state index is 12.7. The van der Waals surface area contributed by atoms with Crippen molar-refractivity contribution in [2.45, 2.75) is 25.1 Å². The smallest absolute Gasteiger partial charge is 0.416 e. The molecule has 1 aliphatic rings. The van der Waals surface area contributed by atoms with Crippen molar-refractivity contribution >= 4 is 11.9 Å². The Bertz CT molecular complexity index is 588. The quantitative estimate of drug-likeness (QED) is 0.916. The molecule has 1 saturated heterocycles. The summed E-state index contributed by atoms with van der Waals surface area (Å²) < 4.78 is 43.3. The SMILES string of the molecule is O=C(O)CC1CN(C(=O)Cc2cccc(C(F)(F)F)c2)CCO1. The fourth-order valence-electron chi connectivity index (χ4n) is 2.41. The third-order valence-electron chi connectivity index (χ3n) is 3.50. The van der Waals surface area contributed by atoms with Crippen molar-refractivity contribution in [3.63, 3.8) is 0 Å². The van der Waals surface area contributed by atoms with E-state index >= 15 is 0 Å². The molecule has 1 amide bonds. The second-order valence-corrected chi connectivity index (χ2v) is 5.31. The lowest BCUT2D eigenvalue weighted by molar-refractivity contribution is -0.147. The average Bonchev–Trinajstić information content (AvgIpc) is 2.46. The van der Waals surface area contributed by atoms with E-state index in [4.69, 9.17) is 9.84 Å². The second kappa shape index (κ2) is 6.99. The fourth-order valence-corrected chi connectivity index (χ4v) is 2.41. The van der Waals surface area contributed by atoms with Crippen LogP contribution in [0.3, 0.4) is 0 Å². The van der Waals surface area contributed by atoms with Crippen LogP contribution in [0.4, 0.5) is 13.2 Å². The lowest BCUT2D eigenvalue weighted by Gasteiger charge is -2.32. The second-order valence-electron chi connectivity index (χ2n) is 5.31. The minimum atomic E-state index is -4.45. The molecule has 8 heteroatoms. The molecule has 5 nitrogen and oxygen atoms in total. The van der Waals surface area contributed by atoms with Crippen molar-refractivity contribution < 1.29 is 32.6 Å². The monoisotopic (exact) mass is 331 g/mol. The highest BCUT2D eigenvalue weighted by atomic mass is 19.4. The number of hydrogen-bond donors (Lipinski definition) is 1. The van der Waals surface area contributed by atoms with Crippen molar-refractivity contribution in [2.24, 2.45) is 0 Å². The lowest BCUT2D eigenvalue weighted by Crippen LogP contribution is -2.46. The highest BCUT2D eigenvalue weighted by molar-refractivity contribution is 5.79. The molecule has 0 radical (unpaired) electrons. The van der Waals surface area contributed by atoms with Gasteiger partial charge in [0, 0.05) is 13.1 Å². The number of nitrogens with zero attached hydrogens (tertiary/aromatic N) is 1. The van der Waals surface area contributed by atoms with Gasteiger partial charge in [-0.1, -0.05) is 18.2 Å². The Morgan fingerprint density at radius 3 is 2.74 bits per heavy atom. The zero-order chi connectivity index (χ0) is 17.0. The highest BCUT2D eigenvalue weighted by Gasteiger charge is 2.31. The molecule has 1 heterocycles. The van der Waals surface area contributed by atoms with Crippen molar-refractivity contribution in [2.75, 3.05) is 19.7 Å². The molecule has 23 heavy (non-hydrogen) atoms. The zero-order valence-electron chi connectivity index (χ0n) is 12.2. The molecule has 2 rings (SSSR count). The predicted octanol–water partition coefficient (Wildman–Crippen LogP) is 1.95. The number of carbonyl (C=O) groups excluding carboxylic acids is 1. The van der Waals surface area contributed by atoms with E-state index in [1.54, 1.807) is 0 Å². The Balaban J connectivity index is 2.00. The highest BCUT2D eigenvalue weighted by Crippen LogP contribution is 2.29. The number of hydrogen-bond acceptors (Lipinski definition) is 3. The Labute approximate surface area is 130 Å². The Morgan fingerprint density at radius 1 is 1.35 bits per heavy atom. The maximum Gasteiger partial charge on any atom is 0.416 e. The summed E-state index contributed by atoms with van der Waals surface area (Å²) in [4.78, 5) is 24.3. The number of carbonyl (C=O) groups is 2. The summed E-state index contributed by atoms with van der Waals surface area (Å²) in [5, 5.41) is 8.74. The summed E-state index contributed by atoms with van der Waals surface area (Å²) in [5.74, 6) is -1.37. The van der Waals surface area contributed by atoms with Crippen molar-refractivity contribution in [3.8, 4) is 0 Å². The summed E-state index contributed by atoms with van der Waals surface area (Å²) in [6.07, 6.45) is -5.42. The molecule has 0 aliphatic carbocycles. The van der Waals surface area contributed by atoms with Crippen molar-refractivity contribution in [1.82, 2.24) is 4.90 Å². The molecule has 1 atom stereocenters. The minimum absolute atomic E-state index is 0.129. The molecular weight excluding hydrogens is 315 g/mol. The van der Waals surface area contributed by atoms with E-state index in [9.17, 15) is 22.8 Å². The molecule has 1 unspecified atom stereocenters. The third kappa shape index (κ3) is 4.95. The van der Waals surface area contributed by atoms with E-state index < -0.39 is 23.8 Å². The van der Waals surface area contributed by atoms with Crippen LogP contribution in [0.5, 0.6) is 0 Å². The first-order chi connectivity index (χ1) is 10.8. The minimum Gasteiger partial charge on any atom is -0.481 e. The predicted molar refractivity (Wildman–Crippen MR) is 73.7 cm³/mol. The molecule has 1 aliphatic heterocycles. The zero-order valence-corrected chi connectivity index (χ0v) is 12.2. The fraction of sp³-hybridized carbons (Fsp3) is 0.467. The van der Waals surface area contributed by atoms with Gasteiger partial charge in [0.15, 0.2) is 0 Å². The molecule has 0 aromatic heterocycles. The maximum absolute atomic E-state index is 12.7. The first-order valence-electron chi connectivity index (χ1n) is 7.03. The number of halogens is 3. The van der Waals surface area contributed by atoms with Crippen LogP contribution in [0, 0.1) is 0 Å². The topological polar surface area (TPSA) is 66.8 Å². The van der Waals surface area contributed by atoms with Gasteiger partial charge in [-0.2, -0.15) is 13.2 Å². The summed E-state index contributed by atoms with van der Waals surface area (Å²) in [7, 11) is 0. The molecule has 1 fully saturated rings. The van der Waals surface area contributed by atoms with Crippen LogP contribution in [0.15, 0.2) is 24.3 Å². The molecule has 1 aromatic rings. The number of morpholine rings is 1. The third-order valence-corrected chi connectivity index (χ3v) is 3.50. The molecule has 0 bridgehead atoms. The van der Waals surface area contributed by atoms with Crippen molar-refractivity contribution in [3.05, 3.63) is 35.4 Å². The van der Waals surface area contributed by atoms with Crippen LogP contribution >= 0.6 is 0 Å². The number of rotatable bonds is 4. The number of ether oxygens (including phenoxy) is 1. The van der Waals surface area contributed by atoms with Gasteiger partial charge in [-0.05, 0) is 11.6 Å². The van der Waals surface area contributed by atoms with Gasteiger partial charge in [-0.25, -0.2) is 0 Å². The largest absolute Gasteiger partial charge is 0.481 e. The summed E-state index contributed by atoms with van der Waals surface area (Å²) in [6, 6.07) is 4.62. The normalized spacial score (nSPS) is 18.7. The first kappa shape index (κ1) is 17.3.